The topological polar surface area (TPSA) is 110 Å². The van der Waals surface area contributed by atoms with Crippen LogP contribution in [0.1, 0.15) is 54.1 Å². The van der Waals surface area contributed by atoms with Crippen LogP contribution in [0.4, 0.5) is 17.2 Å². The van der Waals surface area contributed by atoms with Gasteiger partial charge < -0.3 is 30.9 Å². The van der Waals surface area contributed by atoms with Crippen molar-refractivity contribution in [3.05, 3.63) is 83.6 Å². The lowest BCUT2D eigenvalue weighted by Crippen LogP contribution is -2.44. The SMILES string of the molecule is CCc1ccc(C2(O)CCN(c3cccnc3N=C(N)Nc3ccc(C(=O)N(C)C4CCN(C)CC4)cc3)CC2)cc1. The number of piperidine rings is 2. The first-order valence-electron chi connectivity index (χ1n) is 14.9. The van der Waals surface area contributed by atoms with Gasteiger partial charge in [-0.25, -0.2) is 4.98 Å². The molecule has 0 atom stereocenters. The van der Waals surface area contributed by atoms with Gasteiger partial charge in [0.2, 0.25) is 0 Å². The molecule has 9 nitrogen and oxygen atoms in total. The van der Waals surface area contributed by atoms with Gasteiger partial charge in [-0.05, 0) is 99.8 Å². The van der Waals surface area contributed by atoms with E-state index >= 15 is 0 Å². The number of hydrogen-bond acceptors (Lipinski definition) is 6. The van der Waals surface area contributed by atoms with E-state index in [2.05, 4.69) is 63.3 Å². The minimum atomic E-state index is -0.843. The van der Waals surface area contributed by atoms with Crippen molar-refractivity contribution in [1.29, 1.82) is 0 Å². The minimum absolute atomic E-state index is 0.0299. The number of nitrogens with zero attached hydrogens (tertiary/aromatic N) is 5. The van der Waals surface area contributed by atoms with Gasteiger partial charge in [-0.2, -0.15) is 4.99 Å². The first-order chi connectivity index (χ1) is 20.3. The minimum Gasteiger partial charge on any atom is -0.385 e. The Morgan fingerprint density at radius 3 is 2.38 bits per heavy atom. The van der Waals surface area contributed by atoms with Gasteiger partial charge >= 0.3 is 0 Å². The van der Waals surface area contributed by atoms with Crippen LogP contribution in [0.3, 0.4) is 0 Å². The molecule has 2 aliphatic heterocycles. The molecule has 2 aromatic carbocycles. The fourth-order valence-corrected chi connectivity index (χ4v) is 5.92. The number of hydrogen-bond donors (Lipinski definition) is 3. The number of amides is 1. The van der Waals surface area contributed by atoms with E-state index in [-0.39, 0.29) is 17.9 Å². The Bertz CT molecular complexity index is 1370. The Balaban J connectivity index is 1.21. The average Bonchev–Trinajstić information content (AvgIpc) is 3.02. The standard InChI is InChI=1S/C33H43N7O2/c1-4-24-7-11-26(12-8-24)33(42)17-22-40(23-18-33)29-6-5-19-35-30(29)37-32(34)36-27-13-9-25(10-14-27)31(41)39(3)28-15-20-38(2)21-16-28/h5-14,19,28,42H,4,15-18,20-23H2,1-3H3,(H3,34,35,36,37). The number of nitrogens with two attached hydrogens (primary N) is 1. The number of nitrogens with one attached hydrogen (secondary N) is 1. The second kappa shape index (κ2) is 12.9. The fourth-order valence-electron chi connectivity index (χ4n) is 5.92. The molecule has 3 aromatic rings. The number of carbonyl (C=O) groups is 1. The number of pyridine rings is 1. The highest BCUT2D eigenvalue weighted by Gasteiger charge is 2.34. The molecule has 0 aliphatic carbocycles. The van der Waals surface area contributed by atoms with Crippen LogP contribution in [-0.2, 0) is 12.0 Å². The van der Waals surface area contributed by atoms with Crippen LogP contribution in [0, 0.1) is 0 Å². The van der Waals surface area contributed by atoms with Crippen LogP contribution in [0.2, 0.25) is 0 Å². The summed E-state index contributed by atoms with van der Waals surface area (Å²) in [5.74, 6) is 0.760. The second-order valence-electron chi connectivity index (χ2n) is 11.6. The van der Waals surface area contributed by atoms with E-state index in [1.165, 1.54) is 5.56 Å². The van der Waals surface area contributed by atoms with Gasteiger partial charge in [-0.3, -0.25) is 4.79 Å². The van der Waals surface area contributed by atoms with Crippen LogP contribution in [0.25, 0.3) is 0 Å². The molecule has 2 fully saturated rings. The smallest absolute Gasteiger partial charge is 0.253 e. The molecule has 2 saturated heterocycles. The number of likely N-dealkylation sites (tertiary alicyclic amines) is 1. The average molecular weight is 570 g/mol. The number of guanidine groups is 1. The highest BCUT2D eigenvalue weighted by molar-refractivity contribution is 5.97. The van der Waals surface area contributed by atoms with Gasteiger partial charge in [0.05, 0.1) is 11.3 Å². The Morgan fingerprint density at radius 1 is 1.07 bits per heavy atom. The Labute approximate surface area is 249 Å². The van der Waals surface area contributed by atoms with Crippen molar-refractivity contribution in [3.63, 3.8) is 0 Å². The molecule has 0 bridgehead atoms. The molecule has 9 heteroatoms. The van der Waals surface area contributed by atoms with E-state index in [1.54, 1.807) is 6.20 Å². The first kappa shape index (κ1) is 29.5. The molecular formula is C33H43N7O2. The molecule has 4 N–H and O–H groups in total. The lowest BCUT2D eigenvalue weighted by molar-refractivity contribution is 0.0118. The van der Waals surface area contributed by atoms with E-state index in [9.17, 15) is 9.90 Å². The number of aromatic nitrogens is 1. The van der Waals surface area contributed by atoms with Gasteiger partial charge in [-0.1, -0.05) is 31.2 Å². The molecule has 5 rings (SSSR count). The molecule has 2 aliphatic rings. The zero-order chi connectivity index (χ0) is 29.7. The monoisotopic (exact) mass is 569 g/mol. The summed E-state index contributed by atoms with van der Waals surface area (Å²) in [6.07, 6.45) is 5.89. The summed E-state index contributed by atoms with van der Waals surface area (Å²) in [7, 11) is 4.01. The highest BCUT2D eigenvalue weighted by Crippen LogP contribution is 2.37. The number of anilines is 2. The summed E-state index contributed by atoms with van der Waals surface area (Å²) in [5.41, 5.74) is 9.96. The van der Waals surface area contributed by atoms with Crippen molar-refractivity contribution in [2.24, 2.45) is 10.7 Å². The molecule has 1 amide bonds. The molecule has 0 radical (unpaired) electrons. The van der Waals surface area contributed by atoms with Gasteiger partial charge in [0.1, 0.15) is 0 Å². The maximum atomic E-state index is 13.0. The summed E-state index contributed by atoms with van der Waals surface area (Å²) < 4.78 is 0. The fraction of sp³-hybridized carbons (Fsp3) is 0.424. The third-order valence-corrected chi connectivity index (χ3v) is 8.78. The summed E-state index contributed by atoms with van der Waals surface area (Å²) in [6, 6.07) is 19.8. The summed E-state index contributed by atoms with van der Waals surface area (Å²) in [6.45, 7) is 5.50. The molecule has 1 aromatic heterocycles. The predicted octanol–water partition coefficient (Wildman–Crippen LogP) is 4.36. The van der Waals surface area contributed by atoms with Crippen molar-refractivity contribution in [2.75, 3.05) is 50.5 Å². The largest absolute Gasteiger partial charge is 0.385 e. The van der Waals surface area contributed by atoms with Crippen LogP contribution in [0.5, 0.6) is 0 Å². The molecule has 222 valence electrons. The second-order valence-corrected chi connectivity index (χ2v) is 11.6. The van der Waals surface area contributed by atoms with Crippen LogP contribution >= 0.6 is 0 Å². The van der Waals surface area contributed by atoms with Crippen LogP contribution in [0.15, 0.2) is 71.9 Å². The van der Waals surface area contributed by atoms with E-state index in [0.29, 0.717) is 37.3 Å². The Kier molecular flexibility index (Phi) is 9.09. The highest BCUT2D eigenvalue weighted by atomic mass is 16.3. The molecular weight excluding hydrogens is 526 g/mol. The van der Waals surface area contributed by atoms with Gasteiger partial charge in [-0.15, -0.1) is 0 Å². The van der Waals surface area contributed by atoms with Crippen molar-refractivity contribution >= 4 is 29.1 Å². The van der Waals surface area contributed by atoms with Gasteiger partial charge in [0.15, 0.2) is 11.8 Å². The van der Waals surface area contributed by atoms with Crippen molar-refractivity contribution < 1.29 is 9.90 Å². The van der Waals surface area contributed by atoms with Gasteiger partial charge in [0, 0.05) is 43.6 Å². The quantitative estimate of drug-likeness (QED) is 0.287. The zero-order valence-electron chi connectivity index (χ0n) is 25.0. The normalized spacial score (nSPS) is 18.1. The number of rotatable bonds is 7. The summed E-state index contributed by atoms with van der Waals surface area (Å²) >= 11 is 0. The van der Waals surface area contributed by atoms with Crippen LogP contribution < -0.4 is 16.0 Å². The maximum Gasteiger partial charge on any atom is 0.253 e. The van der Waals surface area contributed by atoms with Crippen molar-refractivity contribution in [2.45, 2.75) is 50.7 Å². The number of aliphatic imine (C=N–C) groups is 1. The van der Waals surface area contributed by atoms with E-state index in [1.807, 2.05) is 48.3 Å². The lowest BCUT2D eigenvalue weighted by Gasteiger charge is -2.39. The van der Waals surface area contributed by atoms with Crippen molar-refractivity contribution in [3.8, 4) is 0 Å². The van der Waals surface area contributed by atoms with E-state index < -0.39 is 5.60 Å². The third kappa shape index (κ3) is 6.74. The molecule has 42 heavy (non-hydrogen) atoms. The van der Waals surface area contributed by atoms with E-state index in [4.69, 9.17) is 5.73 Å². The number of aliphatic hydroxyl groups is 1. The van der Waals surface area contributed by atoms with Crippen molar-refractivity contribution in [1.82, 2.24) is 14.8 Å². The first-order valence-corrected chi connectivity index (χ1v) is 14.9. The molecule has 0 spiro atoms. The number of carbonyl (C=O) groups excluding carboxylic acids is 1. The Morgan fingerprint density at radius 2 is 1.74 bits per heavy atom. The molecule has 3 heterocycles. The maximum absolute atomic E-state index is 13.0. The van der Waals surface area contributed by atoms with E-state index in [0.717, 1.165) is 49.3 Å². The third-order valence-electron chi connectivity index (χ3n) is 8.78. The summed E-state index contributed by atoms with van der Waals surface area (Å²) in [4.78, 5) is 28.5. The number of benzene rings is 2. The van der Waals surface area contributed by atoms with Crippen LogP contribution in [-0.4, -0.2) is 78.1 Å². The van der Waals surface area contributed by atoms with Gasteiger partial charge in [0.25, 0.3) is 5.91 Å². The Hall–Kier alpha value is -3.95. The lowest BCUT2D eigenvalue weighted by atomic mass is 9.84. The molecule has 0 unspecified atom stereocenters. The summed E-state index contributed by atoms with van der Waals surface area (Å²) in [5, 5.41) is 14.5. The number of aryl methyl sites for hydroxylation is 1. The zero-order valence-corrected chi connectivity index (χ0v) is 25.0. The molecule has 0 saturated carbocycles. The predicted molar refractivity (Wildman–Crippen MR) is 169 cm³/mol.